The van der Waals surface area contributed by atoms with Gasteiger partial charge in [-0.1, -0.05) is 0 Å². The molecule has 2 aromatic rings. The van der Waals surface area contributed by atoms with Crippen molar-refractivity contribution in [1.82, 2.24) is 5.48 Å². The molecule has 2 N–H and O–H groups in total. The van der Waals surface area contributed by atoms with Crippen LogP contribution < -0.4 is 20.3 Å². The molecule has 34 heavy (non-hydrogen) atoms. The molecule has 0 radical (unpaired) electrons. The number of carbonyl (C=O) groups excluding carboxylic acids is 1. The molecule has 10 heteroatoms. The lowest BCUT2D eigenvalue weighted by Crippen LogP contribution is -2.29. The van der Waals surface area contributed by atoms with Gasteiger partial charge in [-0.3, -0.25) is 15.6 Å². The van der Waals surface area contributed by atoms with E-state index in [1.54, 1.807) is 57.2 Å². The monoisotopic (exact) mass is 476 g/mol. The molecule has 1 fully saturated rings. The molecule has 2 heterocycles. The second-order valence-electron chi connectivity index (χ2n) is 8.92. The van der Waals surface area contributed by atoms with Crippen molar-refractivity contribution in [1.29, 1.82) is 0 Å². The van der Waals surface area contributed by atoms with Gasteiger partial charge in [0.05, 0.1) is 12.3 Å². The lowest BCUT2D eigenvalue weighted by atomic mass is 10.0. The highest BCUT2D eigenvalue weighted by Gasteiger charge is 2.39. The summed E-state index contributed by atoms with van der Waals surface area (Å²) in [7, 11) is 0. The topological polar surface area (TPSA) is 87.3 Å². The van der Waals surface area contributed by atoms with E-state index in [0.29, 0.717) is 42.3 Å². The predicted octanol–water partition coefficient (Wildman–Crippen LogP) is 5.46. The number of hydroxylamine groups is 1. The molecule has 4 rings (SSSR count). The van der Waals surface area contributed by atoms with Crippen molar-refractivity contribution in [3.05, 3.63) is 54.1 Å². The first-order valence-electron chi connectivity index (χ1n) is 10.7. The summed E-state index contributed by atoms with van der Waals surface area (Å²) in [5.41, 5.74) is 3.55. The van der Waals surface area contributed by atoms with Gasteiger partial charge in [-0.25, -0.2) is 4.79 Å². The summed E-state index contributed by atoms with van der Waals surface area (Å²) >= 11 is 0. The maximum absolute atomic E-state index is 12.9. The predicted molar refractivity (Wildman–Crippen MR) is 120 cm³/mol. The van der Waals surface area contributed by atoms with Gasteiger partial charge in [-0.2, -0.15) is 8.78 Å². The van der Waals surface area contributed by atoms with Crippen LogP contribution in [0.5, 0.6) is 17.2 Å². The van der Waals surface area contributed by atoms with Gasteiger partial charge in [-0.05, 0) is 69.3 Å². The first kappa shape index (κ1) is 23.8. The van der Waals surface area contributed by atoms with Crippen molar-refractivity contribution in [2.24, 2.45) is 0 Å². The Hall–Kier alpha value is -3.37. The summed E-state index contributed by atoms with van der Waals surface area (Å²) in [6.07, 6.45) is 2.04. The Morgan fingerprint density at radius 1 is 1.15 bits per heavy atom. The van der Waals surface area contributed by atoms with Crippen LogP contribution in [-0.4, -0.2) is 37.1 Å². The van der Waals surface area contributed by atoms with E-state index < -0.39 is 23.9 Å². The van der Waals surface area contributed by atoms with Crippen molar-refractivity contribution in [3.63, 3.8) is 0 Å². The Kier molecular flexibility index (Phi) is 6.63. The highest BCUT2D eigenvalue weighted by atomic mass is 19.3. The molecule has 2 aliphatic rings. The van der Waals surface area contributed by atoms with Gasteiger partial charge in [0.1, 0.15) is 17.0 Å². The zero-order chi connectivity index (χ0) is 24.3. The maximum Gasteiger partial charge on any atom is 0.412 e. The second kappa shape index (κ2) is 9.47. The maximum atomic E-state index is 12.9. The molecule has 8 nitrogen and oxygen atoms in total. The van der Waals surface area contributed by atoms with E-state index >= 15 is 0 Å². The number of alkyl halides is 2. The number of rotatable bonds is 6. The Morgan fingerprint density at radius 3 is 2.56 bits per heavy atom. The van der Waals surface area contributed by atoms with Crippen LogP contribution >= 0.6 is 0 Å². The molecule has 1 saturated heterocycles. The second-order valence-corrected chi connectivity index (χ2v) is 8.92. The summed E-state index contributed by atoms with van der Waals surface area (Å²) in [5, 5.41) is 2.62. The van der Waals surface area contributed by atoms with Gasteiger partial charge in [0.2, 0.25) is 0 Å². The lowest BCUT2D eigenvalue weighted by molar-refractivity contribution is -0.0510. The first-order valence-corrected chi connectivity index (χ1v) is 10.7. The van der Waals surface area contributed by atoms with Crippen LogP contribution in [0.25, 0.3) is 5.70 Å². The van der Waals surface area contributed by atoms with Gasteiger partial charge in [0.15, 0.2) is 11.5 Å². The fourth-order valence-electron chi connectivity index (χ4n) is 3.48. The highest BCUT2D eigenvalue weighted by Crippen LogP contribution is 2.38. The number of amides is 1. The van der Waals surface area contributed by atoms with Crippen LogP contribution in [0.1, 0.15) is 32.8 Å². The molecule has 1 spiro atoms. The molecule has 182 valence electrons. The largest absolute Gasteiger partial charge is 0.453 e. The number of halogens is 2. The van der Waals surface area contributed by atoms with Crippen LogP contribution in [0.4, 0.5) is 19.3 Å². The molecular weight excluding hydrogens is 450 g/mol. The lowest BCUT2D eigenvalue weighted by Gasteiger charge is -2.19. The Morgan fingerprint density at radius 2 is 1.91 bits per heavy atom. The standard InChI is InChI=1S/C24H26F2N2O6/c1-23(2,3)33-22(29)27-16-5-7-17(8-6-16)31-20-12-15(4-9-19(20)32-21(25)26)18-13-24(34-28-18)10-11-30-14-24/h4-9,12-13,21,28H,10-11,14H2,1-3H3,(H,27,29). The van der Waals surface area contributed by atoms with Crippen molar-refractivity contribution in [3.8, 4) is 17.2 Å². The minimum atomic E-state index is -3.01. The third kappa shape index (κ3) is 5.95. The molecule has 0 aromatic heterocycles. The van der Waals surface area contributed by atoms with Crippen LogP contribution in [0.2, 0.25) is 0 Å². The molecule has 0 bridgehead atoms. The molecule has 2 aliphatic heterocycles. The smallest absolute Gasteiger partial charge is 0.412 e. The summed E-state index contributed by atoms with van der Waals surface area (Å²) in [6.45, 7) is 3.31. The number of hydrogen-bond donors (Lipinski definition) is 2. The number of ether oxygens (including phenoxy) is 4. The minimum absolute atomic E-state index is 0.0944. The van der Waals surface area contributed by atoms with E-state index in [-0.39, 0.29) is 11.5 Å². The third-order valence-corrected chi connectivity index (χ3v) is 4.99. The van der Waals surface area contributed by atoms with Gasteiger partial charge >= 0.3 is 12.7 Å². The van der Waals surface area contributed by atoms with Crippen LogP contribution in [0, 0.1) is 0 Å². The Bertz CT molecular complexity index is 1060. The van der Waals surface area contributed by atoms with Crippen molar-refractivity contribution < 1.29 is 37.4 Å². The number of carbonyl (C=O) groups is 1. The van der Waals surface area contributed by atoms with Crippen LogP contribution in [0.3, 0.4) is 0 Å². The minimum Gasteiger partial charge on any atom is -0.453 e. The fourth-order valence-corrected chi connectivity index (χ4v) is 3.48. The van der Waals surface area contributed by atoms with E-state index in [1.165, 1.54) is 6.07 Å². The zero-order valence-corrected chi connectivity index (χ0v) is 19.0. The van der Waals surface area contributed by atoms with Gasteiger partial charge in [0.25, 0.3) is 0 Å². The van der Waals surface area contributed by atoms with Gasteiger partial charge in [0, 0.05) is 24.3 Å². The van der Waals surface area contributed by atoms with E-state index in [2.05, 4.69) is 15.5 Å². The molecular formula is C24H26F2N2O6. The summed E-state index contributed by atoms with van der Waals surface area (Å²) < 4.78 is 47.0. The zero-order valence-electron chi connectivity index (χ0n) is 19.0. The molecule has 1 unspecified atom stereocenters. The Labute approximate surface area is 195 Å². The van der Waals surface area contributed by atoms with Crippen molar-refractivity contribution in [2.75, 3.05) is 18.5 Å². The number of hydrogen-bond acceptors (Lipinski definition) is 7. The average molecular weight is 476 g/mol. The van der Waals surface area contributed by atoms with Crippen LogP contribution in [0.15, 0.2) is 48.5 Å². The number of anilines is 1. The molecule has 1 atom stereocenters. The number of nitrogens with one attached hydrogen (secondary N) is 2. The summed E-state index contributed by atoms with van der Waals surface area (Å²) in [5.74, 6) is 0.335. The normalized spacial score (nSPS) is 19.6. The van der Waals surface area contributed by atoms with E-state index in [4.69, 9.17) is 19.0 Å². The van der Waals surface area contributed by atoms with Gasteiger partial charge in [-0.15, -0.1) is 0 Å². The quantitative estimate of drug-likeness (QED) is 0.572. The Balaban J connectivity index is 1.52. The third-order valence-electron chi connectivity index (χ3n) is 4.99. The highest BCUT2D eigenvalue weighted by molar-refractivity contribution is 5.84. The van der Waals surface area contributed by atoms with Crippen molar-refractivity contribution in [2.45, 2.75) is 45.0 Å². The molecule has 2 aromatic carbocycles. The van der Waals surface area contributed by atoms with E-state index in [9.17, 15) is 13.6 Å². The van der Waals surface area contributed by atoms with Gasteiger partial charge < -0.3 is 18.9 Å². The van der Waals surface area contributed by atoms with Crippen molar-refractivity contribution >= 4 is 17.5 Å². The number of benzene rings is 2. The van der Waals surface area contributed by atoms with E-state index in [1.807, 2.05) is 6.08 Å². The molecule has 1 amide bonds. The van der Waals surface area contributed by atoms with E-state index in [0.717, 1.165) is 0 Å². The molecule has 0 saturated carbocycles. The SMILES string of the molecule is CC(C)(C)OC(=O)Nc1ccc(Oc2cc(C3=CC4(CCOC4)ON3)ccc2OC(F)F)cc1. The summed E-state index contributed by atoms with van der Waals surface area (Å²) in [6, 6.07) is 11.0. The fraction of sp³-hybridized carbons (Fsp3) is 0.375. The average Bonchev–Trinajstić information content (AvgIpc) is 3.39. The summed E-state index contributed by atoms with van der Waals surface area (Å²) in [4.78, 5) is 17.6. The molecule has 0 aliphatic carbocycles. The first-order chi connectivity index (χ1) is 16.1. The van der Waals surface area contributed by atoms with Crippen LogP contribution in [-0.2, 0) is 14.3 Å².